The van der Waals surface area contributed by atoms with Crippen molar-refractivity contribution in [1.82, 2.24) is 4.98 Å². The van der Waals surface area contributed by atoms with Crippen LogP contribution >= 0.6 is 0 Å². The van der Waals surface area contributed by atoms with Gasteiger partial charge in [-0.25, -0.2) is 4.98 Å². The first-order valence-electron chi connectivity index (χ1n) is 11.3. The van der Waals surface area contributed by atoms with Gasteiger partial charge in [-0.15, -0.1) is 0 Å². The zero-order valence-corrected chi connectivity index (χ0v) is 19.7. The average molecular weight is 437 g/mol. The fourth-order valence-corrected chi connectivity index (χ4v) is 4.26. The van der Waals surface area contributed by atoms with Crippen molar-refractivity contribution >= 4 is 28.4 Å². The molecule has 1 aliphatic carbocycles. The number of fused-ring (bicyclic) bond motifs is 2. The summed E-state index contributed by atoms with van der Waals surface area (Å²) in [6.07, 6.45) is 11.8. The van der Waals surface area contributed by atoms with Gasteiger partial charge >= 0.3 is 0 Å². The van der Waals surface area contributed by atoms with E-state index in [1.165, 1.54) is 27.6 Å². The second-order valence-corrected chi connectivity index (χ2v) is 8.89. The molecular weight excluding hydrogens is 404 g/mol. The van der Waals surface area contributed by atoms with Crippen LogP contribution < -0.4 is 16.8 Å². The molecule has 4 rings (SSSR count). The lowest BCUT2D eigenvalue weighted by molar-refractivity contribution is 0.798. The van der Waals surface area contributed by atoms with Crippen LogP contribution in [0.1, 0.15) is 34.9 Å². The summed E-state index contributed by atoms with van der Waals surface area (Å²) in [6.45, 7) is 10.3. The zero-order valence-electron chi connectivity index (χ0n) is 19.7. The van der Waals surface area contributed by atoms with E-state index in [4.69, 9.17) is 16.5 Å². The van der Waals surface area contributed by atoms with E-state index in [-0.39, 0.29) is 6.04 Å². The van der Waals surface area contributed by atoms with Crippen molar-refractivity contribution in [1.29, 1.82) is 0 Å². The molecule has 4 heteroatoms. The molecule has 33 heavy (non-hydrogen) atoms. The monoisotopic (exact) mass is 436 g/mol. The van der Waals surface area contributed by atoms with Gasteiger partial charge in [0.1, 0.15) is 0 Å². The molecule has 0 spiro atoms. The van der Waals surface area contributed by atoms with Gasteiger partial charge in [0.05, 0.1) is 11.2 Å². The Hall–Kier alpha value is -3.63. The van der Waals surface area contributed by atoms with Crippen molar-refractivity contribution in [3.63, 3.8) is 0 Å². The van der Waals surface area contributed by atoms with Gasteiger partial charge in [-0.3, -0.25) is 0 Å². The van der Waals surface area contributed by atoms with Crippen LogP contribution in [0.3, 0.4) is 0 Å². The largest absolute Gasteiger partial charge is 0.399 e. The maximum atomic E-state index is 6.11. The van der Waals surface area contributed by atoms with Crippen molar-refractivity contribution in [2.75, 3.05) is 11.1 Å². The number of nitrogens with one attached hydrogen (secondary N) is 1. The number of pyridine rings is 1. The van der Waals surface area contributed by atoms with Crippen LogP contribution in [0, 0.1) is 13.8 Å². The first-order chi connectivity index (χ1) is 15.8. The summed E-state index contributed by atoms with van der Waals surface area (Å²) in [6, 6.07) is 12.5. The molecule has 1 heterocycles. The maximum absolute atomic E-state index is 6.11. The lowest BCUT2D eigenvalue weighted by atomic mass is 9.93. The predicted molar refractivity (Wildman–Crippen MR) is 142 cm³/mol. The number of anilines is 2. The van der Waals surface area contributed by atoms with Gasteiger partial charge in [-0.05, 0) is 104 Å². The van der Waals surface area contributed by atoms with Crippen LogP contribution in [0.2, 0.25) is 0 Å². The number of aromatic nitrogens is 1. The summed E-state index contributed by atoms with van der Waals surface area (Å²) in [5, 5.41) is 4.64. The highest BCUT2D eigenvalue weighted by atomic mass is 14.9. The molecule has 0 fully saturated rings. The lowest BCUT2D eigenvalue weighted by Crippen LogP contribution is -2.23. The highest BCUT2D eigenvalue weighted by Gasteiger charge is 2.14. The van der Waals surface area contributed by atoms with Gasteiger partial charge in [0.15, 0.2) is 0 Å². The molecule has 0 radical (unpaired) electrons. The summed E-state index contributed by atoms with van der Waals surface area (Å²) in [5.41, 5.74) is 23.0. The number of aryl methyl sites for hydroxylation is 2. The van der Waals surface area contributed by atoms with E-state index in [0.29, 0.717) is 0 Å². The highest BCUT2D eigenvalue weighted by molar-refractivity contribution is 5.85. The van der Waals surface area contributed by atoms with E-state index in [1.54, 1.807) is 0 Å². The van der Waals surface area contributed by atoms with Gasteiger partial charge in [-0.1, -0.05) is 30.4 Å². The minimum atomic E-state index is 0.0712. The summed E-state index contributed by atoms with van der Waals surface area (Å²) in [7, 11) is 0. The predicted octanol–water partition coefficient (Wildman–Crippen LogP) is 6.00. The Kier molecular flexibility index (Phi) is 6.47. The Labute approximate surface area is 196 Å². The molecule has 168 valence electrons. The summed E-state index contributed by atoms with van der Waals surface area (Å²) in [4.78, 5) is 4.86. The van der Waals surface area contributed by atoms with Gasteiger partial charge in [0, 0.05) is 28.5 Å². The minimum absolute atomic E-state index is 0.0712. The fraction of sp³-hybridized carbons (Fsp3) is 0.207. The lowest BCUT2D eigenvalue weighted by Gasteiger charge is -2.17. The summed E-state index contributed by atoms with van der Waals surface area (Å²) in [5.74, 6) is 0. The molecule has 1 aromatic heterocycles. The van der Waals surface area contributed by atoms with Crippen LogP contribution in [0.5, 0.6) is 0 Å². The standard InChI is InChI=1S/C29H32N4/c1-5-25(32-27-12-8-23(30)15-19(27)3)10-6-18(2)14-21-7-11-29-26(20(21)4)17-22-16-24(31)9-13-28(22)33-29/h5-13,15,17,24,32H,1,14,16,30-31H2,2-4H3/b18-6+,25-10+. The van der Waals surface area contributed by atoms with Crippen molar-refractivity contribution < 1.29 is 0 Å². The minimum Gasteiger partial charge on any atom is -0.399 e. The molecule has 1 unspecified atom stereocenters. The van der Waals surface area contributed by atoms with Crippen LogP contribution in [0.15, 0.2) is 78.6 Å². The van der Waals surface area contributed by atoms with Gasteiger partial charge in [0.2, 0.25) is 0 Å². The number of nitrogens with two attached hydrogens (primary N) is 2. The maximum Gasteiger partial charge on any atom is 0.0712 e. The normalized spacial score (nSPS) is 16.1. The molecule has 3 aromatic rings. The molecule has 4 nitrogen and oxygen atoms in total. The molecule has 0 aliphatic heterocycles. The van der Waals surface area contributed by atoms with E-state index in [2.05, 4.69) is 56.1 Å². The Balaban J connectivity index is 1.56. The van der Waals surface area contributed by atoms with Crippen LogP contribution in [-0.2, 0) is 12.8 Å². The fourth-order valence-electron chi connectivity index (χ4n) is 4.26. The Morgan fingerprint density at radius 1 is 1.18 bits per heavy atom. The average Bonchev–Trinajstić information content (AvgIpc) is 2.79. The number of nitrogens with zero attached hydrogens (tertiary/aromatic N) is 1. The SMILES string of the molecule is C=C/C(=C\C=C(/C)Cc1ccc2nc3c(cc2c1C)CC(N)C=C3)Nc1ccc(N)cc1C. The third kappa shape index (κ3) is 5.07. The number of hydrogen-bond donors (Lipinski definition) is 3. The summed E-state index contributed by atoms with van der Waals surface area (Å²) >= 11 is 0. The van der Waals surface area contributed by atoms with E-state index in [1.807, 2.05) is 43.4 Å². The first kappa shape index (κ1) is 22.6. The Bertz CT molecular complexity index is 1310. The topological polar surface area (TPSA) is 77.0 Å². The molecule has 2 aromatic carbocycles. The molecule has 0 saturated carbocycles. The number of hydrogen-bond acceptors (Lipinski definition) is 4. The molecule has 0 bridgehead atoms. The van der Waals surface area contributed by atoms with E-state index < -0.39 is 0 Å². The number of allylic oxidation sites excluding steroid dienone is 4. The van der Waals surface area contributed by atoms with Crippen molar-refractivity contribution in [2.24, 2.45) is 5.73 Å². The second-order valence-electron chi connectivity index (χ2n) is 8.89. The summed E-state index contributed by atoms with van der Waals surface area (Å²) < 4.78 is 0. The molecule has 0 amide bonds. The Morgan fingerprint density at radius 3 is 2.76 bits per heavy atom. The molecule has 1 atom stereocenters. The van der Waals surface area contributed by atoms with Crippen LogP contribution in [0.4, 0.5) is 11.4 Å². The third-order valence-corrected chi connectivity index (χ3v) is 6.22. The molecule has 0 saturated heterocycles. The van der Waals surface area contributed by atoms with Crippen LogP contribution in [0.25, 0.3) is 17.0 Å². The van der Waals surface area contributed by atoms with E-state index in [9.17, 15) is 0 Å². The molecule has 1 aliphatic rings. The molecule has 5 N–H and O–H groups in total. The van der Waals surface area contributed by atoms with Crippen molar-refractivity contribution in [3.05, 3.63) is 106 Å². The first-order valence-corrected chi connectivity index (χ1v) is 11.3. The number of rotatable bonds is 6. The quantitative estimate of drug-likeness (QED) is 0.327. The zero-order chi connectivity index (χ0) is 23.5. The third-order valence-electron chi connectivity index (χ3n) is 6.22. The van der Waals surface area contributed by atoms with Gasteiger partial charge in [-0.2, -0.15) is 0 Å². The smallest absolute Gasteiger partial charge is 0.0712 e. The Morgan fingerprint density at radius 2 is 2.00 bits per heavy atom. The highest BCUT2D eigenvalue weighted by Crippen LogP contribution is 2.27. The number of nitrogen functional groups attached to an aromatic ring is 1. The van der Waals surface area contributed by atoms with Crippen molar-refractivity contribution in [3.8, 4) is 0 Å². The van der Waals surface area contributed by atoms with E-state index in [0.717, 1.165) is 46.7 Å². The number of benzene rings is 2. The van der Waals surface area contributed by atoms with Gasteiger partial charge < -0.3 is 16.8 Å². The van der Waals surface area contributed by atoms with Gasteiger partial charge in [0.25, 0.3) is 0 Å². The van der Waals surface area contributed by atoms with Crippen LogP contribution in [-0.4, -0.2) is 11.0 Å². The molecular formula is C29H32N4. The van der Waals surface area contributed by atoms with E-state index >= 15 is 0 Å². The second kappa shape index (κ2) is 9.47. The van der Waals surface area contributed by atoms with Crippen molar-refractivity contribution in [2.45, 2.75) is 39.7 Å².